The number of carbonyl (C=O) groups is 1. The van der Waals surface area contributed by atoms with Gasteiger partial charge < -0.3 is 0 Å². The van der Waals surface area contributed by atoms with E-state index in [-0.39, 0.29) is 5.91 Å². The minimum Gasteiger partial charge on any atom is -0.276 e. The number of pyridine rings is 1. The van der Waals surface area contributed by atoms with Crippen molar-refractivity contribution in [2.24, 2.45) is 0 Å². The van der Waals surface area contributed by atoms with Gasteiger partial charge in [-0.2, -0.15) is 0 Å². The molecule has 22 heavy (non-hydrogen) atoms. The number of aromatic nitrogens is 1. The molecule has 1 aromatic carbocycles. The van der Waals surface area contributed by atoms with Crippen LogP contribution in [0.25, 0.3) is 0 Å². The first kappa shape index (κ1) is 14.7. The van der Waals surface area contributed by atoms with Crippen molar-refractivity contribution < 1.29 is 4.79 Å². The third kappa shape index (κ3) is 2.60. The monoisotopic (exact) mass is 311 g/mol. The van der Waals surface area contributed by atoms with Crippen LogP contribution in [0.2, 0.25) is 0 Å². The number of fused-ring (bicyclic) bond motifs is 1. The van der Waals surface area contributed by atoms with Gasteiger partial charge in [0.2, 0.25) is 0 Å². The first-order valence-electron chi connectivity index (χ1n) is 7.28. The molecule has 0 atom stereocenters. The van der Waals surface area contributed by atoms with Crippen molar-refractivity contribution in [3.05, 3.63) is 59.4 Å². The molecular formula is C17H17N3OS. The molecule has 1 amide bonds. The largest absolute Gasteiger partial charge is 0.277 e. The summed E-state index contributed by atoms with van der Waals surface area (Å²) in [6.07, 6.45) is 3.70. The fourth-order valence-electron chi connectivity index (χ4n) is 2.79. The molecule has 0 saturated heterocycles. The van der Waals surface area contributed by atoms with Crippen LogP contribution in [-0.4, -0.2) is 27.9 Å². The minimum atomic E-state index is -0.119. The van der Waals surface area contributed by atoms with E-state index >= 15 is 0 Å². The van der Waals surface area contributed by atoms with E-state index in [0.29, 0.717) is 5.56 Å². The fourth-order valence-corrected chi connectivity index (χ4v) is 3.00. The Morgan fingerprint density at radius 1 is 1.32 bits per heavy atom. The van der Waals surface area contributed by atoms with Crippen molar-refractivity contribution in [2.75, 3.05) is 11.6 Å². The average Bonchev–Trinajstić information content (AvgIpc) is 2.56. The molecular weight excluding hydrogens is 294 g/mol. The molecule has 0 radical (unpaired) electrons. The number of benzene rings is 1. The van der Waals surface area contributed by atoms with Gasteiger partial charge >= 0.3 is 0 Å². The third-order valence-electron chi connectivity index (χ3n) is 3.83. The maximum absolute atomic E-state index is 12.8. The van der Waals surface area contributed by atoms with Crippen molar-refractivity contribution in [3.63, 3.8) is 0 Å². The topological polar surface area (TPSA) is 36.4 Å². The van der Waals surface area contributed by atoms with Gasteiger partial charge in [-0.1, -0.05) is 30.4 Å². The molecule has 0 bridgehead atoms. The molecule has 0 fully saturated rings. The van der Waals surface area contributed by atoms with E-state index in [2.05, 4.69) is 4.98 Å². The van der Waals surface area contributed by atoms with Crippen LogP contribution in [0.15, 0.2) is 42.6 Å². The summed E-state index contributed by atoms with van der Waals surface area (Å²) in [6.45, 7) is 2.79. The zero-order chi connectivity index (χ0) is 15.5. The zero-order valence-electron chi connectivity index (χ0n) is 12.4. The standard InChI is InChI=1S/C17H17N3OS/c1-13-9-10-18-15-8-5-11-19(16(13)15)20(12-22)17(21)14-6-3-2-4-7-14/h2-4,6-7,9-10,12H,5,8,11H2,1H3. The molecule has 1 aliphatic rings. The molecule has 1 aliphatic heterocycles. The predicted molar refractivity (Wildman–Crippen MR) is 90.9 cm³/mol. The van der Waals surface area contributed by atoms with Crippen LogP contribution in [0.5, 0.6) is 0 Å². The predicted octanol–water partition coefficient (Wildman–Crippen LogP) is 3.16. The molecule has 1 aromatic heterocycles. The number of rotatable bonds is 3. The van der Waals surface area contributed by atoms with Crippen molar-refractivity contribution in [1.82, 2.24) is 9.99 Å². The Labute approximate surface area is 135 Å². The Balaban J connectivity index is 2.00. The number of amides is 1. The second kappa shape index (κ2) is 6.23. The number of hydrogen-bond acceptors (Lipinski definition) is 4. The summed E-state index contributed by atoms with van der Waals surface area (Å²) in [4.78, 5) is 17.2. The van der Waals surface area contributed by atoms with E-state index < -0.39 is 0 Å². The zero-order valence-corrected chi connectivity index (χ0v) is 13.2. The lowest BCUT2D eigenvalue weighted by molar-refractivity contribution is 0.0840. The van der Waals surface area contributed by atoms with Gasteiger partial charge in [0.15, 0.2) is 0 Å². The summed E-state index contributed by atoms with van der Waals surface area (Å²) in [5.74, 6) is -0.119. The van der Waals surface area contributed by atoms with Crippen LogP contribution in [0.3, 0.4) is 0 Å². The smallest absolute Gasteiger partial charge is 0.276 e. The SMILES string of the molecule is Cc1ccnc2c1N(N(C=S)C(=O)c1ccccc1)CCC2. The highest BCUT2D eigenvalue weighted by atomic mass is 32.1. The van der Waals surface area contributed by atoms with Crippen molar-refractivity contribution in [1.29, 1.82) is 0 Å². The summed E-state index contributed by atoms with van der Waals surface area (Å²) in [6, 6.07) is 11.2. The Kier molecular flexibility index (Phi) is 4.15. The van der Waals surface area contributed by atoms with Crippen LogP contribution in [0.1, 0.15) is 28.0 Å². The van der Waals surface area contributed by atoms with Gasteiger partial charge in [0, 0.05) is 18.3 Å². The Morgan fingerprint density at radius 2 is 2.09 bits per heavy atom. The lowest BCUT2D eigenvalue weighted by Gasteiger charge is -2.38. The normalized spacial score (nSPS) is 13.4. The van der Waals surface area contributed by atoms with Gasteiger partial charge in [-0.25, -0.2) is 5.01 Å². The number of aryl methyl sites for hydroxylation is 2. The quantitative estimate of drug-likeness (QED) is 0.816. The van der Waals surface area contributed by atoms with Gasteiger partial charge in [-0.05, 0) is 43.5 Å². The summed E-state index contributed by atoms with van der Waals surface area (Å²) in [7, 11) is 0. The van der Waals surface area contributed by atoms with Crippen LogP contribution >= 0.6 is 12.2 Å². The number of hydrogen-bond donors (Lipinski definition) is 0. The molecule has 2 aromatic rings. The molecule has 2 heterocycles. The molecule has 5 heteroatoms. The van der Waals surface area contributed by atoms with Crippen LogP contribution in [0.4, 0.5) is 5.69 Å². The second-order valence-corrected chi connectivity index (χ2v) is 5.48. The first-order chi connectivity index (χ1) is 10.7. The lowest BCUT2D eigenvalue weighted by atomic mass is 10.1. The molecule has 0 spiro atoms. The molecule has 0 unspecified atom stereocenters. The molecule has 3 rings (SSSR count). The number of carbonyl (C=O) groups excluding carboxylic acids is 1. The Bertz CT molecular complexity index is 702. The number of nitrogens with zero attached hydrogens (tertiary/aromatic N) is 3. The fraction of sp³-hybridized carbons (Fsp3) is 0.235. The summed E-state index contributed by atoms with van der Waals surface area (Å²) < 4.78 is 0. The highest BCUT2D eigenvalue weighted by Gasteiger charge is 2.27. The maximum atomic E-state index is 12.8. The summed E-state index contributed by atoms with van der Waals surface area (Å²) in [5, 5.41) is 3.47. The lowest BCUT2D eigenvalue weighted by Crippen LogP contribution is -2.48. The van der Waals surface area contributed by atoms with E-state index in [4.69, 9.17) is 12.2 Å². The van der Waals surface area contributed by atoms with E-state index in [1.807, 2.05) is 42.4 Å². The first-order valence-corrected chi connectivity index (χ1v) is 7.75. The van der Waals surface area contributed by atoms with Gasteiger partial charge in [0.1, 0.15) is 0 Å². The molecule has 112 valence electrons. The summed E-state index contributed by atoms with van der Waals surface area (Å²) >= 11 is 5.12. The van der Waals surface area contributed by atoms with Crippen molar-refractivity contribution in [2.45, 2.75) is 19.8 Å². The number of anilines is 1. The van der Waals surface area contributed by atoms with Crippen LogP contribution < -0.4 is 5.01 Å². The van der Waals surface area contributed by atoms with E-state index in [0.717, 1.165) is 36.3 Å². The van der Waals surface area contributed by atoms with Crippen LogP contribution in [-0.2, 0) is 6.42 Å². The molecule has 0 aliphatic carbocycles. The Hall–Kier alpha value is -2.27. The molecule has 4 nitrogen and oxygen atoms in total. The molecule has 0 saturated carbocycles. The number of hydrazine groups is 1. The van der Waals surface area contributed by atoms with Gasteiger partial charge in [0.25, 0.3) is 5.91 Å². The average molecular weight is 311 g/mol. The molecule has 0 N–H and O–H groups in total. The number of thiocarbonyl (C=S) groups is 1. The van der Waals surface area contributed by atoms with Crippen molar-refractivity contribution in [3.8, 4) is 0 Å². The Morgan fingerprint density at radius 3 is 2.82 bits per heavy atom. The third-order valence-corrected chi connectivity index (χ3v) is 4.03. The van der Waals surface area contributed by atoms with Gasteiger partial charge in [0.05, 0.1) is 16.9 Å². The minimum absolute atomic E-state index is 0.119. The maximum Gasteiger partial charge on any atom is 0.277 e. The van der Waals surface area contributed by atoms with E-state index in [1.165, 1.54) is 10.5 Å². The second-order valence-electron chi connectivity index (χ2n) is 5.27. The van der Waals surface area contributed by atoms with Gasteiger partial charge in [-0.15, -0.1) is 0 Å². The van der Waals surface area contributed by atoms with E-state index in [1.54, 1.807) is 12.1 Å². The van der Waals surface area contributed by atoms with Crippen LogP contribution in [0, 0.1) is 6.92 Å². The van der Waals surface area contributed by atoms with Crippen molar-refractivity contribution >= 4 is 29.3 Å². The highest BCUT2D eigenvalue weighted by Crippen LogP contribution is 2.30. The summed E-state index contributed by atoms with van der Waals surface area (Å²) in [5.41, 5.74) is 5.16. The van der Waals surface area contributed by atoms with E-state index in [9.17, 15) is 4.79 Å². The highest BCUT2D eigenvalue weighted by molar-refractivity contribution is 7.78. The van der Waals surface area contributed by atoms with Gasteiger partial charge in [-0.3, -0.25) is 14.8 Å².